The summed E-state index contributed by atoms with van der Waals surface area (Å²) in [5.74, 6) is 0. The van der Waals surface area contributed by atoms with Gasteiger partial charge in [-0.2, -0.15) is 0 Å². The standard InChI is InChI=1S/C24H26N4O2/c1-17-8-6-14-25-23(17)21-12-5-13-22(24-18(2)9-7-15-26-24)27(21)16-19-10-3-4-11-20(19)28(29)30/h3-4,6-11,14-15,21-22H,5,12-13,16H2,1-2H3/t21-,22+. The molecular weight excluding hydrogens is 376 g/mol. The minimum absolute atomic E-state index is 0.0890. The van der Waals surface area contributed by atoms with Crippen molar-refractivity contribution in [3.8, 4) is 0 Å². The highest BCUT2D eigenvalue weighted by atomic mass is 16.6. The third-order valence-electron chi connectivity index (χ3n) is 6.03. The van der Waals surface area contributed by atoms with Crippen LogP contribution >= 0.6 is 0 Å². The summed E-state index contributed by atoms with van der Waals surface area (Å²) < 4.78 is 0. The molecule has 154 valence electrons. The van der Waals surface area contributed by atoms with Crippen LogP contribution in [0.1, 0.15) is 59.4 Å². The molecule has 0 N–H and O–H groups in total. The van der Waals surface area contributed by atoms with E-state index in [1.54, 1.807) is 12.1 Å². The Labute approximate surface area is 176 Å². The highest BCUT2D eigenvalue weighted by Crippen LogP contribution is 2.43. The van der Waals surface area contributed by atoms with Crippen molar-refractivity contribution in [2.24, 2.45) is 0 Å². The van der Waals surface area contributed by atoms with E-state index in [1.807, 2.05) is 36.7 Å². The fraction of sp³-hybridized carbons (Fsp3) is 0.333. The zero-order valence-corrected chi connectivity index (χ0v) is 17.4. The van der Waals surface area contributed by atoms with Gasteiger partial charge in [0.1, 0.15) is 0 Å². The van der Waals surface area contributed by atoms with Crippen LogP contribution in [0.15, 0.2) is 60.9 Å². The number of nitro benzene ring substituents is 1. The van der Waals surface area contributed by atoms with Gasteiger partial charge in [0.2, 0.25) is 0 Å². The Morgan fingerprint density at radius 3 is 2.03 bits per heavy atom. The number of benzene rings is 1. The zero-order chi connectivity index (χ0) is 21.1. The molecule has 3 aromatic rings. The molecular formula is C24H26N4O2. The van der Waals surface area contributed by atoms with E-state index in [9.17, 15) is 10.1 Å². The molecule has 0 radical (unpaired) electrons. The van der Waals surface area contributed by atoms with Gasteiger partial charge in [0.15, 0.2) is 0 Å². The summed E-state index contributed by atoms with van der Waals surface area (Å²) in [5, 5.41) is 11.6. The van der Waals surface area contributed by atoms with E-state index in [2.05, 4.69) is 30.9 Å². The molecule has 0 spiro atoms. The van der Waals surface area contributed by atoms with Crippen LogP contribution in [-0.2, 0) is 6.54 Å². The second kappa shape index (κ2) is 8.71. The third kappa shape index (κ3) is 3.96. The fourth-order valence-corrected chi connectivity index (χ4v) is 4.57. The molecule has 4 rings (SSSR count). The van der Waals surface area contributed by atoms with Gasteiger partial charge in [-0.15, -0.1) is 0 Å². The Morgan fingerprint density at radius 2 is 1.50 bits per heavy atom. The molecule has 30 heavy (non-hydrogen) atoms. The van der Waals surface area contributed by atoms with E-state index < -0.39 is 0 Å². The Hall–Kier alpha value is -3.12. The number of para-hydroxylation sites is 1. The molecule has 0 bridgehead atoms. The highest BCUT2D eigenvalue weighted by molar-refractivity contribution is 5.40. The fourth-order valence-electron chi connectivity index (χ4n) is 4.57. The number of rotatable bonds is 5. The molecule has 1 saturated heterocycles. The van der Waals surface area contributed by atoms with E-state index in [0.29, 0.717) is 6.54 Å². The summed E-state index contributed by atoms with van der Waals surface area (Å²) in [5.41, 5.74) is 5.28. The van der Waals surface area contributed by atoms with Crippen LogP contribution in [0.25, 0.3) is 0 Å². The predicted octanol–water partition coefficient (Wildman–Crippen LogP) is 5.47. The zero-order valence-electron chi connectivity index (χ0n) is 17.4. The van der Waals surface area contributed by atoms with E-state index in [-0.39, 0.29) is 22.7 Å². The van der Waals surface area contributed by atoms with Crippen LogP contribution in [-0.4, -0.2) is 19.8 Å². The van der Waals surface area contributed by atoms with Gasteiger partial charge >= 0.3 is 0 Å². The predicted molar refractivity (Wildman–Crippen MR) is 116 cm³/mol. The highest BCUT2D eigenvalue weighted by Gasteiger charge is 2.36. The smallest absolute Gasteiger partial charge is 0.273 e. The van der Waals surface area contributed by atoms with Gasteiger partial charge < -0.3 is 0 Å². The lowest BCUT2D eigenvalue weighted by molar-refractivity contribution is -0.385. The molecule has 2 atom stereocenters. The maximum Gasteiger partial charge on any atom is 0.273 e. The number of likely N-dealkylation sites (tertiary alicyclic amines) is 1. The first-order valence-electron chi connectivity index (χ1n) is 10.4. The molecule has 0 unspecified atom stereocenters. The molecule has 3 heterocycles. The molecule has 6 nitrogen and oxygen atoms in total. The molecule has 0 amide bonds. The Kier molecular flexibility index (Phi) is 5.86. The number of pyridine rings is 2. The van der Waals surface area contributed by atoms with Crippen LogP contribution in [0.3, 0.4) is 0 Å². The first kappa shape index (κ1) is 20.2. The van der Waals surface area contributed by atoms with E-state index in [4.69, 9.17) is 9.97 Å². The average Bonchev–Trinajstić information content (AvgIpc) is 2.75. The minimum atomic E-state index is -0.290. The summed E-state index contributed by atoms with van der Waals surface area (Å²) in [6.45, 7) is 4.65. The first-order valence-corrected chi connectivity index (χ1v) is 10.4. The van der Waals surface area contributed by atoms with Gasteiger partial charge in [-0.25, -0.2) is 0 Å². The second-order valence-electron chi connectivity index (χ2n) is 7.93. The number of nitro groups is 1. The van der Waals surface area contributed by atoms with Crippen LogP contribution in [0.5, 0.6) is 0 Å². The second-order valence-corrected chi connectivity index (χ2v) is 7.93. The van der Waals surface area contributed by atoms with Gasteiger partial charge in [-0.3, -0.25) is 25.0 Å². The molecule has 0 aliphatic carbocycles. The molecule has 1 aliphatic heterocycles. The van der Waals surface area contributed by atoms with Crippen molar-refractivity contribution < 1.29 is 4.92 Å². The summed E-state index contributed by atoms with van der Waals surface area (Å²) in [6.07, 6.45) is 6.68. The van der Waals surface area contributed by atoms with Gasteiger partial charge in [0.25, 0.3) is 5.69 Å². The first-order chi connectivity index (χ1) is 14.6. The summed E-state index contributed by atoms with van der Waals surface area (Å²) >= 11 is 0. The van der Waals surface area contributed by atoms with Gasteiger partial charge in [-0.05, 0) is 56.4 Å². The summed E-state index contributed by atoms with van der Waals surface area (Å²) in [4.78, 5) is 23.1. The van der Waals surface area contributed by atoms with Crippen molar-refractivity contribution in [1.82, 2.24) is 14.9 Å². The van der Waals surface area contributed by atoms with Crippen LogP contribution in [0.2, 0.25) is 0 Å². The van der Waals surface area contributed by atoms with E-state index >= 15 is 0 Å². The Bertz CT molecular complexity index is 999. The Balaban J connectivity index is 1.80. The molecule has 1 aliphatic rings. The molecule has 1 aromatic carbocycles. The largest absolute Gasteiger partial charge is 0.282 e. The van der Waals surface area contributed by atoms with Crippen molar-refractivity contribution in [3.05, 3.63) is 99.1 Å². The van der Waals surface area contributed by atoms with Gasteiger partial charge in [0.05, 0.1) is 28.4 Å². The topological polar surface area (TPSA) is 72.2 Å². The molecule has 2 aromatic heterocycles. The molecule has 1 fully saturated rings. The van der Waals surface area contributed by atoms with Gasteiger partial charge in [-0.1, -0.05) is 30.3 Å². The molecule has 0 saturated carbocycles. The number of hydrogen-bond donors (Lipinski definition) is 0. The lowest BCUT2D eigenvalue weighted by atomic mass is 9.88. The summed E-state index contributed by atoms with van der Waals surface area (Å²) in [7, 11) is 0. The van der Waals surface area contributed by atoms with Crippen molar-refractivity contribution in [1.29, 1.82) is 0 Å². The maximum atomic E-state index is 11.6. The van der Waals surface area contributed by atoms with Crippen molar-refractivity contribution >= 4 is 5.69 Å². The van der Waals surface area contributed by atoms with Crippen molar-refractivity contribution in [2.75, 3.05) is 0 Å². The average molecular weight is 402 g/mol. The van der Waals surface area contributed by atoms with Crippen LogP contribution in [0.4, 0.5) is 5.69 Å². The number of nitrogens with zero attached hydrogens (tertiary/aromatic N) is 4. The minimum Gasteiger partial charge on any atom is -0.282 e. The number of hydrogen-bond acceptors (Lipinski definition) is 5. The monoisotopic (exact) mass is 402 g/mol. The third-order valence-corrected chi connectivity index (χ3v) is 6.03. The number of aryl methyl sites for hydroxylation is 2. The van der Waals surface area contributed by atoms with Gasteiger partial charge in [0, 0.05) is 30.6 Å². The lowest BCUT2D eigenvalue weighted by Gasteiger charge is -2.42. The van der Waals surface area contributed by atoms with Crippen LogP contribution < -0.4 is 0 Å². The summed E-state index contributed by atoms with van der Waals surface area (Å²) in [6, 6.07) is 15.3. The SMILES string of the molecule is Cc1cccnc1[C@H]1CCC[C@@H](c2ncccc2C)N1Cc1ccccc1[N+](=O)[O-]. The van der Waals surface area contributed by atoms with E-state index in [0.717, 1.165) is 47.3 Å². The number of aromatic nitrogens is 2. The quantitative estimate of drug-likeness (QED) is 0.418. The molecule has 6 heteroatoms. The van der Waals surface area contributed by atoms with Crippen molar-refractivity contribution in [3.63, 3.8) is 0 Å². The Morgan fingerprint density at radius 1 is 0.933 bits per heavy atom. The maximum absolute atomic E-state index is 11.6. The number of piperidine rings is 1. The lowest BCUT2D eigenvalue weighted by Crippen LogP contribution is -2.37. The normalized spacial score (nSPS) is 19.5. The van der Waals surface area contributed by atoms with E-state index in [1.165, 1.54) is 0 Å². The van der Waals surface area contributed by atoms with Crippen molar-refractivity contribution in [2.45, 2.75) is 51.7 Å². The van der Waals surface area contributed by atoms with Crippen LogP contribution in [0, 0.1) is 24.0 Å².